The standard InChI is InChI=1S/C14H16N2O5/c1-9-12(14(19)16(9)21-11(17)8-20-2)15-13(18)10-6-4-3-5-7-10/h3-7,9,12H,8H2,1-2H3,(H,15,18). The van der Waals surface area contributed by atoms with Gasteiger partial charge < -0.3 is 14.9 Å². The summed E-state index contributed by atoms with van der Waals surface area (Å²) in [5.41, 5.74) is 0.465. The van der Waals surface area contributed by atoms with E-state index in [1.54, 1.807) is 37.3 Å². The fraction of sp³-hybridized carbons (Fsp3) is 0.357. The Morgan fingerprint density at radius 1 is 1.29 bits per heavy atom. The van der Waals surface area contributed by atoms with Crippen LogP contribution in [0.4, 0.5) is 0 Å². The molecule has 0 bridgehead atoms. The van der Waals surface area contributed by atoms with E-state index in [2.05, 4.69) is 10.1 Å². The van der Waals surface area contributed by atoms with Crippen LogP contribution in [-0.2, 0) is 19.2 Å². The molecule has 1 aliphatic rings. The zero-order valence-electron chi connectivity index (χ0n) is 11.7. The molecule has 2 amide bonds. The van der Waals surface area contributed by atoms with E-state index in [-0.39, 0.29) is 12.5 Å². The number of rotatable bonds is 5. The number of methoxy groups -OCH3 is 1. The first-order valence-corrected chi connectivity index (χ1v) is 6.43. The molecule has 1 N–H and O–H groups in total. The summed E-state index contributed by atoms with van der Waals surface area (Å²) in [6, 6.07) is 7.45. The average Bonchev–Trinajstić information content (AvgIpc) is 2.51. The van der Waals surface area contributed by atoms with Gasteiger partial charge in [-0.3, -0.25) is 9.59 Å². The van der Waals surface area contributed by atoms with Crippen LogP contribution >= 0.6 is 0 Å². The summed E-state index contributed by atoms with van der Waals surface area (Å²) < 4.78 is 4.61. The zero-order chi connectivity index (χ0) is 15.4. The Balaban J connectivity index is 1.91. The van der Waals surface area contributed by atoms with Gasteiger partial charge in [-0.1, -0.05) is 18.2 Å². The highest BCUT2D eigenvalue weighted by molar-refractivity contribution is 5.99. The van der Waals surface area contributed by atoms with Crippen LogP contribution in [0.3, 0.4) is 0 Å². The number of hydrogen-bond acceptors (Lipinski definition) is 5. The Kier molecular flexibility index (Phi) is 4.54. The summed E-state index contributed by atoms with van der Waals surface area (Å²) in [6.45, 7) is 1.44. The largest absolute Gasteiger partial charge is 0.373 e. The molecule has 1 heterocycles. The molecule has 1 fully saturated rings. The van der Waals surface area contributed by atoms with Crippen LogP contribution in [0.2, 0.25) is 0 Å². The maximum atomic E-state index is 12.0. The fourth-order valence-electron chi connectivity index (χ4n) is 1.98. The molecular formula is C14H16N2O5. The van der Waals surface area contributed by atoms with Crippen LogP contribution in [-0.4, -0.2) is 48.6 Å². The van der Waals surface area contributed by atoms with Crippen molar-refractivity contribution in [3.63, 3.8) is 0 Å². The van der Waals surface area contributed by atoms with Crippen molar-refractivity contribution in [3.8, 4) is 0 Å². The maximum absolute atomic E-state index is 12.0. The number of carbonyl (C=O) groups excluding carboxylic acids is 3. The normalized spacial score (nSPS) is 20.7. The molecule has 1 saturated heterocycles. The van der Waals surface area contributed by atoms with Gasteiger partial charge in [-0.25, -0.2) is 4.79 Å². The minimum atomic E-state index is -0.701. The SMILES string of the molecule is COCC(=O)ON1C(=O)C(NC(=O)c2ccccc2)C1C. The third-order valence-corrected chi connectivity index (χ3v) is 3.12. The molecule has 2 rings (SSSR count). The van der Waals surface area contributed by atoms with Crippen molar-refractivity contribution in [1.29, 1.82) is 0 Å². The number of hydroxylamine groups is 2. The lowest BCUT2D eigenvalue weighted by atomic mass is 9.99. The Morgan fingerprint density at radius 2 is 1.95 bits per heavy atom. The predicted molar refractivity (Wildman–Crippen MR) is 72.0 cm³/mol. The minimum Gasteiger partial charge on any atom is -0.373 e. The van der Waals surface area contributed by atoms with Crippen LogP contribution in [0.1, 0.15) is 17.3 Å². The molecule has 0 saturated carbocycles. The average molecular weight is 292 g/mol. The summed E-state index contributed by atoms with van der Waals surface area (Å²) >= 11 is 0. The second kappa shape index (κ2) is 6.36. The second-order valence-electron chi connectivity index (χ2n) is 4.62. The zero-order valence-corrected chi connectivity index (χ0v) is 11.7. The number of benzene rings is 1. The van der Waals surface area contributed by atoms with E-state index >= 15 is 0 Å². The van der Waals surface area contributed by atoms with Gasteiger partial charge in [0.1, 0.15) is 12.6 Å². The third kappa shape index (κ3) is 3.19. The molecule has 21 heavy (non-hydrogen) atoms. The molecule has 7 nitrogen and oxygen atoms in total. The Morgan fingerprint density at radius 3 is 2.52 bits per heavy atom. The highest BCUT2D eigenvalue weighted by atomic mass is 16.7. The number of hydrogen-bond donors (Lipinski definition) is 1. The molecule has 0 aromatic heterocycles. The summed E-state index contributed by atoms with van der Waals surface area (Å²) in [5, 5.41) is 3.56. The Hall–Kier alpha value is -2.41. The van der Waals surface area contributed by atoms with Gasteiger partial charge in [0, 0.05) is 12.7 Å². The molecule has 112 valence electrons. The molecule has 1 aromatic carbocycles. The Bertz CT molecular complexity index is 546. The van der Waals surface area contributed by atoms with Gasteiger partial charge in [-0.2, -0.15) is 5.06 Å². The van der Waals surface area contributed by atoms with Gasteiger partial charge in [-0.15, -0.1) is 0 Å². The number of amides is 2. The lowest BCUT2D eigenvalue weighted by Crippen LogP contribution is -2.69. The topological polar surface area (TPSA) is 84.9 Å². The van der Waals surface area contributed by atoms with Crippen molar-refractivity contribution in [1.82, 2.24) is 10.4 Å². The fourth-order valence-corrected chi connectivity index (χ4v) is 1.98. The van der Waals surface area contributed by atoms with Gasteiger partial charge in [0.25, 0.3) is 11.8 Å². The van der Waals surface area contributed by atoms with Crippen molar-refractivity contribution in [2.75, 3.05) is 13.7 Å². The van der Waals surface area contributed by atoms with Gasteiger partial charge in [0.05, 0.1) is 6.04 Å². The quantitative estimate of drug-likeness (QED) is 0.779. The van der Waals surface area contributed by atoms with Crippen molar-refractivity contribution < 1.29 is 24.0 Å². The summed E-state index contributed by atoms with van der Waals surface area (Å²) in [7, 11) is 1.35. The van der Waals surface area contributed by atoms with E-state index in [4.69, 9.17) is 4.84 Å². The van der Waals surface area contributed by atoms with Crippen molar-refractivity contribution >= 4 is 17.8 Å². The highest BCUT2D eigenvalue weighted by Crippen LogP contribution is 2.20. The van der Waals surface area contributed by atoms with Crippen molar-refractivity contribution in [3.05, 3.63) is 35.9 Å². The molecule has 1 aliphatic heterocycles. The van der Waals surface area contributed by atoms with Crippen LogP contribution in [0, 0.1) is 0 Å². The first-order valence-electron chi connectivity index (χ1n) is 6.43. The molecule has 0 spiro atoms. The highest BCUT2D eigenvalue weighted by Gasteiger charge is 2.48. The monoisotopic (exact) mass is 292 g/mol. The first-order chi connectivity index (χ1) is 10.0. The van der Waals surface area contributed by atoms with Gasteiger partial charge >= 0.3 is 5.97 Å². The molecule has 0 aliphatic carbocycles. The summed E-state index contributed by atoms with van der Waals surface area (Å²) in [4.78, 5) is 39.9. The van der Waals surface area contributed by atoms with Crippen molar-refractivity contribution in [2.45, 2.75) is 19.0 Å². The minimum absolute atomic E-state index is 0.239. The van der Waals surface area contributed by atoms with Gasteiger partial charge in [0.15, 0.2) is 0 Å². The molecule has 7 heteroatoms. The van der Waals surface area contributed by atoms with Gasteiger partial charge in [0.2, 0.25) is 0 Å². The summed E-state index contributed by atoms with van der Waals surface area (Å²) in [6.07, 6.45) is 0. The smallest absolute Gasteiger partial charge is 0.357 e. The van der Waals surface area contributed by atoms with E-state index in [0.717, 1.165) is 5.06 Å². The van der Waals surface area contributed by atoms with E-state index < -0.39 is 24.0 Å². The molecular weight excluding hydrogens is 276 g/mol. The predicted octanol–water partition coefficient (Wildman–Crippen LogP) is 0.120. The second-order valence-corrected chi connectivity index (χ2v) is 4.62. The van der Waals surface area contributed by atoms with Crippen molar-refractivity contribution in [2.24, 2.45) is 0 Å². The number of carbonyl (C=O) groups is 3. The molecule has 1 aromatic rings. The third-order valence-electron chi connectivity index (χ3n) is 3.12. The van der Waals surface area contributed by atoms with E-state index in [0.29, 0.717) is 5.56 Å². The number of nitrogens with one attached hydrogen (secondary N) is 1. The van der Waals surface area contributed by atoms with Crippen LogP contribution in [0.15, 0.2) is 30.3 Å². The number of nitrogens with zero attached hydrogens (tertiary/aromatic N) is 1. The maximum Gasteiger partial charge on any atom is 0.357 e. The van der Waals surface area contributed by atoms with Gasteiger partial charge in [-0.05, 0) is 19.1 Å². The summed E-state index contributed by atoms with van der Waals surface area (Å²) in [5.74, 6) is -1.47. The lowest BCUT2D eigenvalue weighted by molar-refractivity contribution is -0.231. The molecule has 0 radical (unpaired) electrons. The number of β-lactam (4-membered cyclic amide) rings is 1. The first kappa shape index (κ1) is 15.0. The van der Waals surface area contributed by atoms with E-state index in [9.17, 15) is 14.4 Å². The van der Waals surface area contributed by atoms with Crippen LogP contribution in [0.25, 0.3) is 0 Å². The molecule has 2 unspecified atom stereocenters. The number of ether oxygens (including phenoxy) is 1. The lowest BCUT2D eigenvalue weighted by Gasteiger charge is -2.42. The van der Waals surface area contributed by atoms with Crippen LogP contribution < -0.4 is 5.32 Å². The molecule has 2 atom stereocenters. The van der Waals surface area contributed by atoms with E-state index in [1.165, 1.54) is 7.11 Å². The van der Waals surface area contributed by atoms with E-state index in [1.807, 2.05) is 0 Å². The Labute approximate surface area is 121 Å². The van der Waals surface area contributed by atoms with Crippen LogP contribution in [0.5, 0.6) is 0 Å².